The predicted molar refractivity (Wildman–Crippen MR) is 81.3 cm³/mol. The molecule has 1 aromatic rings. The molecule has 2 atom stereocenters. The van der Waals surface area contributed by atoms with E-state index in [0.717, 1.165) is 18.6 Å². The Hall–Kier alpha value is -1.63. The van der Waals surface area contributed by atoms with E-state index in [1.165, 1.54) is 10.4 Å². The second kappa shape index (κ2) is 6.70. The molecule has 0 saturated carbocycles. The fourth-order valence-electron chi connectivity index (χ4n) is 2.79. The zero-order valence-electron chi connectivity index (χ0n) is 13.0. The van der Waals surface area contributed by atoms with Crippen LogP contribution in [-0.2, 0) is 16.2 Å². The van der Waals surface area contributed by atoms with Crippen molar-refractivity contribution in [2.24, 2.45) is 11.7 Å². The van der Waals surface area contributed by atoms with Crippen LogP contribution in [0, 0.1) is 17.2 Å². The van der Waals surface area contributed by atoms with Gasteiger partial charge in [0.2, 0.25) is 10.0 Å². The van der Waals surface area contributed by atoms with Gasteiger partial charge in [-0.3, -0.25) is 0 Å². The summed E-state index contributed by atoms with van der Waals surface area (Å²) in [5.74, 6) is -0.0333. The van der Waals surface area contributed by atoms with Crippen molar-refractivity contribution in [3.05, 3.63) is 29.3 Å². The summed E-state index contributed by atoms with van der Waals surface area (Å²) in [5.41, 5.74) is 3.98. The quantitative estimate of drug-likeness (QED) is 0.895. The van der Waals surface area contributed by atoms with Crippen LogP contribution >= 0.6 is 0 Å². The molecule has 2 N–H and O–H groups in total. The van der Waals surface area contributed by atoms with Gasteiger partial charge >= 0.3 is 6.18 Å². The smallest absolute Gasteiger partial charge is 0.328 e. The maximum atomic E-state index is 13.0. The number of sulfonamides is 1. The van der Waals surface area contributed by atoms with Crippen molar-refractivity contribution in [3.63, 3.8) is 0 Å². The van der Waals surface area contributed by atoms with Gasteiger partial charge in [0.05, 0.1) is 22.1 Å². The Morgan fingerprint density at radius 2 is 2.08 bits per heavy atom. The van der Waals surface area contributed by atoms with Gasteiger partial charge in [0.25, 0.3) is 0 Å². The summed E-state index contributed by atoms with van der Waals surface area (Å²) < 4.78 is 65.6. The lowest BCUT2D eigenvalue weighted by atomic mass is 9.93. The van der Waals surface area contributed by atoms with E-state index in [-0.39, 0.29) is 25.0 Å². The minimum Gasteiger partial charge on any atom is -0.328 e. The molecule has 0 amide bonds. The number of hydrogen-bond acceptors (Lipinski definition) is 4. The van der Waals surface area contributed by atoms with Crippen LogP contribution in [0.25, 0.3) is 0 Å². The molecule has 1 aliphatic heterocycles. The molecule has 0 aromatic heterocycles. The van der Waals surface area contributed by atoms with Crippen LogP contribution in [0.5, 0.6) is 0 Å². The van der Waals surface area contributed by atoms with Crippen molar-refractivity contribution in [3.8, 4) is 6.07 Å². The summed E-state index contributed by atoms with van der Waals surface area (Å²) in [4.78, 5) is -0.459. The lowest BCUT2D eigenvalue weighted by molar-refractivity contribution is -0.137. The van der Waals surface area contributed by atoms with Crippen LogP contribution in [-0.4, -0.2) is 31.9 Å². The summed E-state index contributed by atoms with van der Waals surface area (Å²) in [7, 11) is -4.07. The van der Waals surface area contributed by atoms with Gasteiger partial charge in [-0.05, 0) is 43.9 Å². The van der Waals surface area contributed by atoms with E-state index in [0.29, 0.717) is 12.5 Å². The molecule has 1 aromatic carbocycles. The molecule has 132 valence electrons. The van der Waals surface area contributed by atoms with E-state index in [1.807, 2.05) is 0 Å². The SMILES string of the molecule is CC(N)C1CCCN(S(=O)(=O)c2ccc(C#N)c(C(F)(F)F)c2)C1. The second-order valence-corrected chi connectivity index (χ2v) is 7.88. The number of hydrogen-bond donors (Lipinski definition) is 1. The van der Waals surface area contributed by atoms with Gasteiger partial charge in [0.15, 0.2) is 0 Å². The molecule has 0 spiro atoms. The van der Waals surface area contributed by atoms with E-state index in [1.54, 1.807) is 6.92 Å². The number of rotatable bonds is 3. The average Bonchev–Trinajstić information content (AvgIpc) is 2.53. The maximum absolute atomic E-state index is 13.0. The highest BCUT2D eigenvalue weighted by atomic mass is 32.2. The Morgan fingerprint density at radius 1 is 1.42 bits per heavy atom. The monoisotopic (exact) mass is 361 g/mol. The van der Waals surface area contributed by atoms with Crippen LogP contribution in [0.1, 0.15) is 30.9 Å². The van der Waals surface area contributed by atoms with Crippen LogP contribution in [0.2, 0.25) is 0 Å². The number of alkyl halides is 3. The van der Waals surface area contributed by atoms with Gasteiger partial charge in [-0.25, -0.2) is 8.42 Å². The molecule has 5 nitrogen and oxygen atoms in total. The third-order valence-corrected chi connectivity index (χ3v) is 6.08. The van der Waals surface area contributed by atoms with Gasteiger partial charge < -0.3 is 5.73 Å². The van der Waals surface area contributed by atoms with Gasteiger partial charge in [-0.15, -0.1) is 0 Å². The van der Waals surface area contributed by atoms with Gasteiger partial charge in [-0.1, -0.05) is 0 Å². The standard InChI is InChI=1S/C15H18F3N3O2S/c1-10(20)12-3-2-6-21(9-12)24(22,23)13-5-4-11(8-19)14(7-13)15(16,17)18/h4-5,7,10,12H,2-3,6,9,20H2,1H3. The van der Waals surface area contributed by atoms with E-state index in [9.17, 15) is 21.6 Å². The average molecular weight is 361 g/mol. The Balaban J connectivity index is 2.41. The number of nitrogens with two attached hydrogens (primary N) is 1. The van der Waals surface area contributed by atoms with Gasteiger partial charge in [0.1, 0.15) is 0 Å². The lowest BCUT2D eigenvalue weighted by Gasteiger charge is -2.33. The molecule has 24 heavy (non-hydrogen) atoms. The summed E-state index contributed by atoms with van der Waals surface area (Å²) in [6.45, 7) is 2.21. The first-order chi connectivity index (χ1) is 11.1. The fourth-order valence-corrected chi connectivity index (χ4v) is 4.35. The van der Waals surface area contributed by atoms with Crippen molar-refractivity contribution in [1.82, 2.24) is 4.31 Å². The van der Waals surface area contributed by atoms with E-state index < -0.39 is 32.2 Å². The summed E-state index contributed by atoms with van der Waals surface area (Å²) in [6.07, 6.45) is -3.41. The van der Waals surface area contributed by atoms with Crippen molar-refractivity contribution < 1.29 is 21.6 Å². The van der Waals surface area contributed by atoms with Crippen LogP contribution in [0.15, 0.2) is 23.1 Å². The Kier molecular flexibility index (Phi) is 5.22. The zero-order valence-corrected chi connectivity index (χ0v) is 13.9. The van der Waals surface area contributed by atoms with Crippen molar-refractivity contribution in [2.45, 2.75) is 36.9 Å². The first kappa shape index (κ1) is 18.7. The fraction of sp³-hybridized carbons (Fsp3) is 0.533. The number of halogens is 3. The molecule has 2 unspecified atom stereocenters. The number of piperidine rings is 1. The largest absolute Gasteiger partial charge is 0.417 e. The van der Waals surface area contributed by atoms with E-state index in [2.05, 4.69) is 0 Å². The van der Waals surface area contributed by atoms with Crippen LogP contribution in [0.3, 0.4) is 0 Å². The molecule has 1 aliphatic rings. The van der Waals surface area contributed by atoms with Crippen molar-refractivity contribution in [1.29, 1.82) is 5.26 Å². The summed E-state index contributed by atoms with van der Waals surface area (Å²) >= 11 is 0. The zero-order chi connectivity index (χ0) is 18.1. The van der Waals surface area contributed by atoms with Gasteiger partial charge in [-0.2, -0.15) is 22.7 Å². The molecule has 9 heteroatoms. The molecule has 1 heterocycles. The normalized spacial score (nSPS) is 21.2. The number of nitrogens with zero attached hydrogens (tertiary/aromatic N) is 2. The van der Waals surface area contributed by atoms with Crippen molar-refractivity contribution >= 4 is 10.0 Å². The molecular weight excluding hydrogens is 343 g/mol. The Labute approximate surface area is 138 Å². The van der Waals surface area contributed by atoms with Gasteiger partial charge in [0, 0.05) is 19.1 Å². The molecule has 0 bridgehead atoms. The lowest BCUT2D eigenvalue weighted by Crippen LogP contribution is -2.45. The number of nitriles is 1. The predicted octanol–water partition coefficient (Wildman–Crippen LogP) is 2.32. The molecule has 0 aliphatic carbocycles. The Morgan fingerprint density at radius 3 is 2.62 bits per heavy atom. The first-order valence-corrected chi connectivity index (χ1v) is 8.88. The minimum atomic E-state index is -4.80. The van der Waals surface area contributed by atoms with Crippen LogP contribution in [0.4, 0.5) is 13.2 Å². The molecule has 1 fully saturated rings. The summed E-state index contributed by atoms with van der Waals surface area (Å²) in [6, 6.07) is 3.70. The van der Waals surface area contributed by atoms with Crippen LogP contribution < -0.4 is 5.73 Å². The van der Waals surface area contributed by atoms with E-state index >= 15 is 0 Å². The highest BCUT2D eigenvalue weighted by Gasteiger charge is 2.37. The van der Waals surface area contributed by atoms with E-state index in [4.69, 9.17) is 11.0 Å². The first-order valence-electron chi connectivity index (χ1n) is 7.44. The summed E-state index contributed by atoms with van der Waals surface area (Å²) in [5, 5.41) is 8.80. The highest BCUT2D eigenvalue weighted by molar-refractivity contribution is 7.89. The third-order valence-electron chi connectivity index (χ3n) is 4.22. The topological polar surface area (TPSA) is 87.2 Å². The molecular formula is C15H18F3N3O2S. The molecule has 1 saturated heterocycles. The maximum Gasteiger partial charge on any atom is 0.417 e. The van der Waals surface area contributed by atoms with Crippen molar-refractivity contribution in [2.75, 3.05) is 13.1 Å². The number of benzene rings is 1. The minimum absolute atomic E-state index is 0.0333. The molecule has 0 radical (unpaired) electrons. The second-order valence-electron chi connectivity index (χ2n) is 5.94. The highest BCUT2D eigenvalue weighted by Crippen LogP contribution is 2.34. The molecule has 2 rings (SSSR count). The Bertz CT molecular complexity index is 754. The third kappa shape index (κ3) is 3.71.